The zero-order valence-electron chi connectivity index (χ0n) is 17.4. The van der Waals surface area contributed by atoms with Crippen LogP contribution in [-0.4, -0.2) is 75.6 Å². The maximum Gasteiger partial charge on any atom is 0.246 e. The second-order valence-electron chi connectivity index (χ2n) is 7.83. The van der Waals surface area contributed by atoms with E-state index >= 15 is 0 Å². The fourth-order valence-corrected chi connectivity index (χ4v) is 5.72. The Balaban J connectivity index is 1.73. The molecule has 0 spiro atoms. The molecule has 2 aliphatic rings. The van der Waals surface area contributed by atoms with Crippen molar-refractivity contribution < 1.29 is 22.7 Å². The summed E-state index contributed by atoms with van der Waals surface area (Å²) in [6, 6.07) is 4.74. The standard InChI is InChI=1S/C20H31N3O5S/c1-15-12-22(13-16(2)28-15)14-20(24)21-17-7-8-18(27-3)19(11-17)29(25,26)23-9-5-4-6-10-23/h7-8,11,15-16H,4-6,9-10,12-14H2,1-3H3,(H,21,24)/t15-,16-/m0/s1. The van der Waals surface area contributed by atoms with E-state index in [-0.39, 0.29) is 35.3 Å². The zero-order chi connectivity index (χ0) is 21.0. The number of ether oxygens (including phenoxy) is 2. The second-order valence-corrected chi connectivity index (χ2v) is 9.74. The number of nitrogens with one attached hydrogen (secondary N) is 1. The summed E-state index contributed by atoms with van der Waals surface area (Å²) in [5.41, 5.74) is 0.445. The lowest BCUT2D eigenvalue weighted by atomic mass is 10.2. The van der Waals surface area contributed by atoms with Crippen LogP contribution in [0.2, 0.25) is 0 Å². The van der Waals surface area contributed by atoms with E-state index < -0.39 is 10.0 Å². The number of piperidine rings is 1. The van der Waals surface area contributed by atoms with E-state index in [1.54, 1.807) is 12.1 Å². The minimum Gasteiger partial charge on any atom is -0.495 e. The average molecular weight is 426 g/mol. The predicted molar refractivity (Wildman–Crippen MR) is 111 cm³/mol. The number of hydrogen-bond donors (Lipinski definition) is 1. The highest BCUT2D eigenvalue weighted by Crippen LogP contribution is 2.31. The van der Waals surface area contributed by atoms with Crippen LogP contribution in [0.25, 0.3) is 0 Å². The number of morpholine rings is 1. The first-order valence-corrected chi connectivity index (χ1v) is 11.6. The van der Waals surface area contributed by atoms with Gasteiger partial charge in [0.1, 0.15) is 10.6 Å². The molecule has 9 heteroatoms. The van der Waals surface area contributed by atoms with Crippen molar-refractivity contribution in [2.75, 3.05) is 45.2 Å². The molecule has 1 aromatic rings. The lowest BCUT2D eigenvalue weighted by Gasteiger charge is -2.34. The fraction of sp³-hybridized carbons (Fsp3) is 0.650. The molecule has 8 nitrogen and oxygen atoms in total. The van der Waals surface area contributed by atoms with Gasteiger partial charge in [0.05, 0.1) is 25.9 Å². The largest absolute Gasteiger partial charge is 0.495 e. The van der Waals surface area contributed by atoms with E-state index in [0.29, 0.717) is 31.9 Å². The highest BCUT2D eigenvalue weighted by molar-refractivity contribution is 7.89. The Labute approximate surface area is 173 Å². The van der Waals surface area contributed by atoms with E-state index in [4.69, 9.17) is 9.47 Å². The minimum atomic E-state index is -3.67. The molecule has 3 rings (SSSR count). The molecule has 1 N–H and O–H groups in total. The van der Waals surface area contributed by atoms with Crippen LogP contribution in [0.5, 0.6) is 5.75 Å². The lowest BCUT2D eigenvalue weighted by molar-refractivity contribution is -0.121. The van der Waals surface area contributed by atoms with Crippen molar-refractivity contribution in [3.63, 3.8) is 0 Å². The molecule has 0 radical (unpaired) electrons. The first kappa shape index (κ1) is 22.0. The van der Waals surface area contributed by atoms with Crippen LogP contribution in [0.1, 0.15) is 33.1 Å². The van der Waals surface area contributed by atoms with Crippen LogP contribution in [-0.2, 0) is 19.6 Å². The molecular formula is C20H31N3O5S. The lowest BCUT2D eigenvalue weighted by Crippen LogP contribution is -2.48. The monoisotopic (exact) mass is 425 g/mol. The van der Waals surface area contributed by atoms with Crippen LogP contribution in [0.3, 0.4) is 0 Å². The molecule has 2 atom stereocenters. The highest BCUT2D eigenvalue weighted by atomic mass is 32.2. The third kappa shape index (κ3) is 5.48. The van der Waals surface area contributed by atoms with Crippen molar-refractivity contribution in [1.82, 2.24) is 9.21 Å². The Hall–Kier alpha value is -1.68. The molecular weight excluding hydrogens is 394 g/mol. The molecule has 2 saturated heterocycles. The zero-order valence-corrected chi connectivity index (χ0v) is 18.2. The van der Waals surface area contributed by atoms with Gasteiger partial charge in [0.2, 0.25) is 15.9 Å². The molecule has 29 heavy (non-hydrogen) atoms. The van der Waals surface area contributed by atoms with Gasteiger partial charge in [-0.1, -0.05) is 6.42 Å². The third-order valence-corrected chi connectivity index (χ3v) is 7.16. The van der Waals surface area contributed by atoms with E-state index in [2.05, 4.69) is 5.32 Å². The molecule has 0 bridgehead atoms. The summed E-state index contributed by atoms with van der Waals surface area (Å²) in [7, 11) is -2.23. The number of rotatable bonds is 6. The van der Waals surface area contributed by atoms with Crippen molar-refractivity contribution >= 4 is 21.6 Å². The fourth-order valence-electron chi connectivity index (χ4n) is 4.02. The van der Waals surface area contributed by atoms with Crippen molar-refractivity contribution in [2.45, 2.75) is 50.2 Å². The average Bonchev–Trinajstić information content (AvgIpc) is 2.67. The maximum atomic E-state index is 13.1. The van der Waals surface area contributed by atoms with Gasteiger partial charge in [0, 0.05) is 31.9 Å². The Kier molecular flexibility index (Phi) is 7.15. The number of carbonyl (C=O) groups excluding carboxylic acids is 1. The summed E-state index contributed by atoms with van der Waals surface area (Å²) in [6.45, 7) is 6.61. The Morgan fingerprint density at radius 3 is 2.45 bits per heavy atom. The van der Waals surface area contributed by atoms with E-state index in [1.807, 2.05) is 18.7 Å². The second kappa shape index (κ2) is 9.42. The van der Waals surface area contributed by atoms with Gasteiger partial charge < -0.3 is 14.8 Å². The number of methoxy groups -OCH3 is 1. The number of sulfonamides is 1. The van der Waals surface area contributed by atoms with Crippen LogP contribution in [0.15, 0.2) is 23.1 Å². The number of nitrogens with zero attached hydrogens (tertiary/aromatic N) is 2. The number of hydrogen-bond acceptors (Lipinski definition) is 6. The van der Waals surface area contributed by atoms with Crippen LogP contribution in [0.4, 0.5) is 5.69 Å². The van der Waals surface area contributed by atoms with Gasteiger partial charge in [-0.05, 0) is 44.9 Å². The van der Waals surface area contributed by atoms with E-state index in [1.165, 1.54) is 17.5 Å². The smallest absolute Gasteiger partial charge is 0.246 e. The summed E-state index contributed by atoms with van der Waals surface area (Å²) in [5.74, 6) is 0.0992. The first-order valence-electron chi connectivity index (χ1n) is 10.2. The van der Waals surface area contributed by atoms with Crippen molar-refractivity contribution in [3.05, 3.63) is 18.2 Å². The van der Waals surface area contributed by atoms with Gasteiger partial charge in [-0.25, -0.2) is 8.42 Å². The minimum absolute atomic E-state index is 0.0776. The molecule has 0 saturated carbocycles. The molecule has 0 aliphatic carbocycles. The Morgan fingerprint density at radius 2 is 1.83 bits per heavy atom. The summed E-state index contributed by atoms with van der Waals surface area (Å²) < 4.78 is 38.7. The maximum absolute atomic E-state index is 13.1. The summed E-state index contributed by atoms with van der Waals surface area (Å²) >= 11 is 0. The number of benzene rings is 1. The van der Waals surface area contributed by atoms with E-state index in [0.717, 1.165) is 19.3 Å². The summed E-state index contributed by atoms with van der Waals surface area (Å²) in [6.07, 6.45) is 2.91. The van der Waals surface area contributed by atoms with Crippen LogP contribution >= 0.6 is 0 Å². The SMILES string of the molecule is COc1ccc(NC(=O)CN2C[C@H](C)O[C@@H](C)C2)cc1S(=O)(=O)N1CCCCC1. The van der Waals surface area contributed by atoms with Gasteiger partial charge in [-0.2, -0.15) is 4.31 Å². The third-order valence-electron chi connectivity index (χ3n) is 5.24. The molecule has 2 aliphatic heterocycles. The number of anilines is 1. The molecule has 2 fully saturated rings. The van der Waals surface area contributed by atoms with Gasteiger partial charge in [-0.15, -0.1) is 0 Å². The van der Waals surface area contributed by atoms with Gasteiger partial charge in [-0.3, -0.25) is 9.69 Å². The summed E-state index contributed by atoms with van der Waals surface area (Å²) in [4.78, 5) is 14.7. The van der Waals surface area contributed by atoms with Gasteiger partial charge in [0.15, 0.2) is 0 Å². The Bertz CT molecular complexity index is 813. The quantitative estimate of drug-likeness (QED) is 0.749. The highest BCUT2D eigenvalue weighted by Gasteiger charge is 2.29. The van der Waals surface area contributed by atoms with Gasteiger partial charge >= 0.3 is 0 Å². The summed E-state index contributed by atoms with van der Waals surface area (Å²) in [5, 5.41) is 2.83. The van der Waals surface area contributed by atoms with Gasteiger partial charge in [0.25, 0.3) is 0 Å². The van der Waals surface area contributed by atoms with Crippen molar-refractivity contribution in [3.8, 4) is 5.75 Å². The molecule has 1 aromatic carbocycles. The molecule has 0 unspecified atom stereocenters. The molecule has 1 amide bonds. The van der Waals surface area contributed by atoms with Crippen molar-refractivity contribution in [2.24, 2.45) is 0 Å². The van der Waals surface area contributed by atoms with Crippen LogP contribution < -0.4 is 10.1 Å². The first-order chi connectivity index (χ1) is 13.8. The predicted octanol–water partition coefficient (Wildman–Crippen LogP) is 1.92. The normalized spacial score (nSPS) is 24.2. The number of amides is 1. The van der Waals surface area contributed by atoms with Crippen molar-refractivity contribution in [1.29, 1.82) is 0 Å². The molecule has 0 aromatic heterocycles. The van der Waals surface area contributed by atoms with E-state index in [9.17, 15) is 13.2 Å². The van der Waals surface area contributed by atoms with Crippen LogP contribution in [0, 0.1) is 0 Å². The topological polar surface area (TPSA) is 88.2 Å². The Morgan fingerprint density at radius 1 is 1.17 bits per heavy atom. The number of carbonyl (C=O) groups is 1. The molecule has 162 valence electrons. The molecule has 2 heterocycles.